The summed E-state index contributed by atoms with van der Waals surface area (Å²) < 4.78 is 7.13. The molecule has 0 atom stereocenters. The van der Waals surface area contributed by atoms with E-state index >= 15 is 0 Å². The first kappa shape index (κ1) is 22.2. The number of thiazole rings is 1. The van der Waals surface area contributed by atoms with Crippen molar-refractivity contribution >= 4 is 44.2 Å². The molecule has 0 aliphatic rings. The molecule has 4 rings (SSSR count). The smallest absolute Gasteiger partial charge is 0.272 e. The minimum Gasteiger partial charge on any atom is -0.478 e. The molecule has 0 saturated carbocycles. The van der Waals surface area contributed by atoms with Gasteiger partial charge in [-0.25, -0.2) is 4.98 Å². The van der Waals surface area contributed by atoms with E-state index < -0.39 is 5.60 Å². The van der Waals surface area contributed by atoms with Crippen molar-refractivity contribution in [2.24, 2.45) is 0 Å². The predicted molar refractivity (Wildman–Crippen MR) is 131 cm³/mol. The fraction of sp³-hybridized carbons (Fsp3) is 0.240. The standard InChI is InChI=1S/C25H24ClN3O2S/c1-4-17-8-13-21-22(15-17)32-24(28-21)29(16-19-7-5-6-14-27-19)23(30)25(2,3)31-20-11-9-18(26)10-12-20/h5-15H,4,16H2,1-3H3. The molecule has 0 saturated heterocycles. The number of nitrogens with zero attached hydrogens (tertiary/aromatic N) is 3. The highest BCUT2D eigenvalue weighted by Gasteiger charge is 2.36. The van der Waals surface area contributed by atoms with E-state index in [2.05, 4.69) is 24.0 Å². The molecule has 0 bridgehead atoms. The number of aryl methyl sites for hydroxylation is 1. The number of ether oxygens (including phenoxy) is 1. The van der Waals surface area contributed by atoms with Gasteiger partial charge in [0.05, 0.1) is 22.5 Å². The summed E-state index contributed by atoms with van der Waals surface area (Å²) in [7, 11) is 0. The third-order valence-corrected chi connectivity index (χ3v) is 6.37. The fourth-order valence-corrected chi connectivity index (χ4v) is 4.49. The molecule has 7 heteroatoms. The van der Waals surface area contributed by atoms with Gasteiger partial charge in [0.2, 0.25) is 0 Å². The molecule has 2 aromatic carbocycles. The van der Waals surface area contributed by atoms with Crippen LogP contribution in [0.5, 0.6) is 5.75 Å². The van der Waals surface area contributed by atoms with Crippen LogP contribution < -0.4 is 9.64 Å². The number of carbonyl (C=O) groups is 1. The van der Waals surface area contributed by atoms with Gasteiger partial charge >= 0.3 is 0 Å². The fourth-order valence-electron chi connectivity index (χ4n) is 3.34. The van der Waals surface area contributed by atoms with Crippen molar-refractivity contribution in [3.05, 3.63) is 83.1 Å². The monoisotopic (exact) mass is 465 g/mol. The number of amides is 1. The molecule has 0 spiro atoms. The number of hydrogen-bond acceptors (Lipinski definition) is 5. The molecule has 164 valence electrons. The quantitative estimate of drug-likeness (QED) is 0.321. The molecule has 0 fully saturated rings. The third kappa shape index (κ3) is 4.92. The number of rotatable bonds is 7. The minimum absolute atomic E-state index is 0.201. The van der Waals surface area contributed by atoms with Crippen molar-refractivity contribution in [1.29, 1.82) is 0 Å². The van der Waals surface area contributed by atoms with Crippen molar-refractivity contribution in [2.75, 3.05) is 4.90 Å². The second kappa shape index (κ2) is 9.27. The Labute approximate surface area is 196 Å². The first-order valence-corrected chi connectivity index (χ1v) is 11.6. The number of halogens is 1. The first-order chi connectivity index (χ1) is 15.4. The van der Waals surface area contributed by atoms with Gasteiger partial charge in [0.1, 0.15) is 5.75 Å². The largest absolute Gasteiger partial charge is 0.478 e. The van der Waals surface area contributed by atoms with Gasteiger partial charge in [-0.2, -0.15) is 0 Å². The minimum atomic E-state index is -1.13. The van der Waals surface area contributed by atoms with E-state index in [1.165, 1.54) is 16.9 Å². The topological polar surface area (TPSA) is 55.3 Å². The van der Waals surface area contributed by atoms with Crippen LogP contribution in [0, 0.1) is 0 Å². The van der Waals surface area contributed by atoms with Crippen molar-refractivity contribution in [1.82, 2.24) is 9.97 Å². The Balaban J connectivity index is 1.69. The lowest BCUT2D eigenvalue weighted by Crippen LogP contribution is -2.49. The molecule has 0 aliphatic carbocycles. The maximum Gasteiger partial charge on any atom is 0.272 e. The number of aromatic nitrogens is 2. The van der Waals surface area contributed by atoms with E-state index in [1.54, 1.807) is 49.2 Å². The SMILES string of the molecule is CCc1ccc2nc(N(Cc3ccccn3)C(=O)C(C)(C)Oc3ccc(Cl)cc3)sc2c1. The summed E-state index contributed by atoms with van der Waals surface area (Å²) in [6.07, 6.45) is 2.67. The molecule has 1 amide bonds. The first-order valence-electron chi connectivity index (χ1n) is 10.4. The lowest BCUT2D eigenvalue weighted by atomic mass is 10.1. The van der Waals surface area contributed by atoms with Crippen LogP contribution in [0.2, 0.25) is 5.02 Å². The Morgan fingerprint density at radius 2 is 1.91 bits per heavy atom. The van der Waals surface area contributed by atoms with Crippen molar-refractivity contribution in [3.63, 3.8) is 0 Å². The predicted octanol–water partition coefficient (Wildman–Crippen LogP) is 6.30. The van der Waals surface area contributed by atoms with Gasteiger partial charge in [-0.15, -0.1) is 0 Å². The Morgan fingerprint density at radius 3 is 2.59 bits per heavy atom. The summed E-state index contributed by atoms with van der Waals surface area (Å²) in [5, 5.41) is 1.23. The average molecular weight is 466 g/mol. The van der Waals surface area contributed by atoms with Crippen LogP contribution in [-0.4, -0.2) is 21.5 Å². The summed E-state index contributed by atoms with van der Waals surface area (Å²) in [5.74, 6) is 0.371. The molecular formula is C25H24ClN3O2S. The Hall–Kier alpha value is -2.96. The summed E-state index contributed by atoms with van der Waals surface area (Å²) in [4.78, 5) is 24.6. The molecule has 5 nitrogen and oxygen atoms in total. The maximum absolute atomic E-state index is 13.8. The Bertz CT molecular complexity index is 1220. The van der Waals surface area contributed by atoms with Crippen LogP contribution >= 0.6 is 22.9 Å². The Kier molecular flexibility index (Phi) is 6.44. The van der Waals surface area contributed by atoms with Gasteiger partial charge in [0, 0.05) is 11.2 Å². The zero-order valence-corrected chi connectivity index (χ0v) is 19.8. The lowest BCUT2D eigenvalue weighted by molar-refractivity contribution is -0.131. The second-order valence-corrected chi connectivity index (χ2v) is 9.38. The number of anilines is 1. The molecule has 2 heterocycles. The molecule has 4 aromatic rings. The van der Waals surface area contributed by atoms with Crippen molar-refractivity contribution < 1.29 is 9.53 Å². The van der Waals surface area contributed by atoms with E-state index in [-0.39, 0.29) is 5.91 Å². The molecule has 2 aromatic heterocycles. The summed E-state index contributed by atoms with van der Waals surface area (Å²) in [6.45, 7) is 5.94. The van der Waals surface area contributed by atoms with Crippen LogP contribution in [0.15, 0.2) is 66.9 Å². The summed E-state index contributed by atoms with van der Waals surface area (Å²) >= 11 is 7.48. The van der Waals surface area contributed by atoms with Crippen LogP contribution in [0.25, 0.3) is 10.2 Å². The van der Waals surface area contributed by atoms with Crippen LogP contribution in [0.1, 0.15) is 32.0 Å². The summed E-state index contributed by atoms with van der Waals surface area (Å²) in [6, 6.07) is 18.9. The van der Waals surface area contributed by atoms with Crippen LogP contribution in [-0.2, 0) is 17.8 Å². The van der Waals surface area contributed by atoms with E-state index in [9.17, 15) is 4.79 Å². The van der Waals surface area contributed by atoms with Gasteiger partial charge in [-0.05, 0) is 74.4 Å². The molecule has 0 radical (unpaired) electrons. The molecule has 0 N–H and O–H groups in total. The second-order valence-electron chi connectivity index (χ2n) is 7.93. The summed E-state index contributed by atoms with van der Waals surface area (Å²) in [5.41, 5.74) is 1.76. The number of hydrogen-bond donors (Lipinski definition) is 0. The van der Waals surface area contributed by atoms with Crippen molar-refractivity contribution in [2.45, 2.75) is 39.3 Å². The van der Waals surface area contributed by atoms with E-state index in [0.29, 0.717) is 22.4 Å². The van der Waals surface area contributed by atoms with Gasteiger partial charge in [-0.1, -0.05) is 42.0 Å². The zero-order chi connectivity index (χ0) is 22.7. The normalized spacial score (nSPS) is 11.5. The number of benzene rings is 2. The molecule has 0 aliphatic heterocycles. The van der Waals surface area contributed by atoms with Gasteiger partial charge in [-0.3, -0.25) is 14.7 Å². The molecular weight excluding hydrogens is 442 g/mol. The van der Waals surface area contributed by atoms with Crippen molar-refractivity contribution in [3.8, 4) is 5.75 Å². The highest BCUT2D eigenvalue weighted by Crippen LogP contribution is 2.33. The number of pyridine rings is 1. The van der Waals surface area contributed by atoms with E-state index in [1.807, 2.05) is 24.3 Å². The zero-order valence-electron chi connectivity index (χ0n) is 18.2. The van der Waals surface area contributed by atoms with Gasteiger partial charge in [0.15, 0.2) is 10.7 Å². The lowest BCUT2D eigenvalue weighted by Gasteiger charge is -2.31. The third-order valence-electron chi connectivity index (χ3n) is 5.07. The molecule has 32 heavy (non-hydrogen) atoms. The number of fused-ring (bicyclic) bond motifs is 1. The van der Waals surface area contributed by atoms with Crippen LogP contribution in [0.3, 0.4) is 0 Å². The Morgan fingerprint density at radius 1 is 1.12 bits per heavy atom. The highest BCUT2D eigenvalue weighted by molar-refractivity contribution is 7.22. The molecule has 0 unspecified atom stereocenters. The van der Waals surface area contributed by atoms with Gasteiger partial charge < -0.3 is 4.74 Å². The van der Waals surface area contributed by atoms with E-state index in [0.717, 1.165) is 22.3 Å². The maximum atomic E-state index is 13.8. The highest BCUT2D eigenvalue weighted by atomic mass is 35.5. The van der Waals surface area contributed by atoms with Gasteiger partial charge in [0.25, 0.3) is 5.91 Å². The van der Waals surface area contributed by atoms with Crippen LogP contribution in [0.4, 0.5) is 5.13 Å². The van der Waals surface area contributed by atoms with E-state index in [4.69, 9.17) is 21.3 Å². The number of carbonyl (C=O) groups excluding carboxylic acids is 1. The average Bonchev–Trinajstić information content (AvgIpc) is 3.22.